The summed E-state index contributed by atoms with van der Waals surface area (Å²) in [5.41, 5.74) is 4.30. The molecule has 0 bridgehead atoms. The summed E-state index contributed by atoms with van der Waals surface area (Å²) in [6.45, 7) is 4.21. The first kappa shape index (κ1) is 15.6. The Labute approximate surface area is 148 Å². The van der Waals surface area contributed by atoms with E-state index >= 15 is 0 Å². The number of hydrogen-bond donors (Lipinski definition) is 1. The third-order valence-electron chi connectivity index (χ3n) is 4.52. The van der Waals surface area contributed by atoms with Gasteiger partial charge in [-0.05, 0) is 31.9 Å². The molecule has 25 heavy (non-hydrogen) atoms. The summed E-state index contributed by atoms with van der Waals surface area (Å²) in [6, 6.07) is 20.7. The van der Waals surface area contributed by atoms with Gasteiger partial charge in [-0.3, -0.25) is 0 Å². The van der Waals surface area contributed by atoms with E-state index in [1.807, 2.05) is 18.2 Å². The van der Waals surface area contributed by atoms with Crippen LogP contribution in [0.2, 0.25) is 0 Å². The normalized spacial score (nSPS) is 13.9. The Kier molecular flexibility index (Phi) is 4.34. The summed E-state index contributed by atoms with van der Waals surface area (Å²) >= 11 is 0. The Hall–Kier alpha value is -2.88. The molecule has 2 aromatic carbocycles. The average molecular weight is 330 g/mol. The van der Waals surface area contributed by atoms with E-state index in [1.165, 1.54) is 18.4 Å². The smallest absolute Gasteiger partial charge is 0.229 e. The van der Waals surface area contributed by atoms with Gasteiger partial charge in [0.05, 0.1) is 5.69 Å². The molecular formula is C21H22N4. The summed E-state index contributed by atoms with van der Waals surface area (Å²) in [4.78, 5) is 11.8. The van der Waals surface area contributed by atoms with Crippen LogP contribution in [0, 0.1) is 6.92 Å². The summed E-state index contributed by atoms with van der Waals surface area (Å²) in [5, 5.41) is 3.36. The molecule has 1 N–H and O–H groups in total. The number of anilines is 3. The van der Waals surface area contributed by atoms with Crippen molar-refractivity contribution in [2.45, 2.75) is 19.8 Å². The van der Waals surface area contributed by atoms with Crippen LogP contribution in [-0.4, -0.2) is 23.1 Å². The van der Waals surface area contributed by atoms with Crippen LogP contribution in [0.15, 0.2) is 60.7 Å². The number of nitrogens with one attached hydrogen (secondary N) is 1. The summed E-state index contributed by atoms with van der Waals surface area (Å²) < 4.78 is 0. The van der Waals surface area contributed by atoms with Gasteiger partial charge in [-0.25, -0.2) is 4.98 Å². The molecule has 1 saturated heterocycles. The zero-order valence-electron chi connectivity index (χ0n) is 14.4. The highest BCUT2D eigenvalue weighted by atomic mass is 15.2. The van der Waals surface area contributed by atoms with Crippen molar-refractivity contribution in [3.63, 3.8) is 0 Å². The molecule has 0 radical (unpaired) electrons. The summed E-state index contributed by atoms with van der Waals surface area (Å²) in [6.07, 6.45) is 2.46. The van der Waals surface area contributed by atoms with Crippen molar-refractivity contribution in [2.24, 2.45) is 0 Å². The fourth-order valence-electron chi connectivity index (χ4n) is 3.12. The lowest BCUT2D eigenvalue weighted by Gasteiger charge is -2.18. The SMILES string of the molecule is Cc1ccc(Nc2nc(-c3ccccc3)cc(N3CCCC3)n2)cc1. The van der Waals surface area contributed by atoms with Crippen LogP contribution >= 0.6 is 0 Å². The topological polar surface area (TPSA) is 41.1 Å². The molecule has 0 spiro atoms. The largest absolute Gasteiger partial charge is 0.356 e. The lowest BCUT2D eigenvalue weighted by atomic mass is 10.1. The Balaban J connectivity index is 1.71. The van der Waals surface area contributed by atoms with Crippen LogP contribution in [0.25, 0.3) is 11.3 Å². The number of nitrogens with zero attached hydrogens (tertiary/aromatic N) is 3. The lowest BCUT2D eigenvalue weighted by molar-refractivity contribution is 0.931. The third kappa shape index (κ3) is 3.63. The molecule has 1 aliphatic heterocycles. The van der Waals surface area contributed by atoms with Crippen LogP contribution in [0.1, 0.15) is 18.4 Å². The van der Waals surface area contributed by atoms with Gasteiger partial charge >= 0.3 is 0 Å². The standard InChI is InChI=1S/C21H22N4/c1-16-9-11-18(12-10-16)22-21-23-19(17-7-3-2-4-8-17)15-20(24-21)25-13-5-6-14-25/h2-4,7-12,15H,5-6,13-14H2,1H3,(H,22,23,24). The minimum atomic E-state index is 0.645. The van der Waals surface area contributed by atoms with Crippen LogP contribution in [0.4, 0.5) is 17.5 Å². The fraction of sp³-hybridized carbons (Fsp3) is 0.238. The maximum Gasteiger partial charge on any atom is 0.229 e. The Morgan fingerprint density at radius 1 is 0.880 bits per heavy atom. The molecule has 2 heterocycles. The molecular weight excluding hydrogens is 308 g/mol. The van der Waals surface area contributed by atoms with Crippen molar-refractivity contribution < 1.29 is 0 Å². The van der Waals surface area contributed by atoms with Crippen LogP contribution in [-0.2, 0) is 0 Å². The average Bonchev–Trinajstić information content (AvgIpc) is 3.19. The first-order valence-corrected chi connectivity index (χ1v) is 8.81. The highest BCUT2D eigenvalue weighted by Crippen LogP contribution is 2.26. The molecule has 4 heteroatoms. The third-order valence-corrected chi connectivity index (χ3v) is 4.52. The second kappa shape index (κ2) is 6.93. The van der Waals surface area contributed by atoms with E-state index in [1.54, 1.807) is 0 Å². The van der Waals surface area contributed by atoms with E-state index in [-0.39, 0.29) is 0 Å². The van der Waals surface area contributed by atoms with Crippen molar-refractivity contribution in [1.82, 2.24) is 9.97 Å². The molecule has 4 rings (SSSR count). The quantitative estimate of drug-likeness (QED) is 0.746. The van der Waals surface area contributed by atoms with Gasteiger partial charge < -0.3 is 10.2 Å². The van der Waals surface area contributed by atoms with Gasteiger partial charge in [-0.15, -0.1) is 0 Å². The van der Waals surface area contributed by atoms with Crippen molar-refractivity contribution in [2.75, 3.05) is 23.3 Å². The van der Waals surface area contributed by atoms with Crippen molar-refractivity contribution in [3.8, 4) is 11.3 Å². The molecule has 126 valence electrons. The van der Waals surface area contributed by atoms with Crippen molar-refractivity contribution in [1.29, 1.82) is 0 Å². The van der Waals surface area contributed by atoms with Crippen molar-refractivity contribution >= 4 is 17.5 Å². The van der Waals surface area contributed by atoms with Crippen LogP contribution < -0.4 is 10.2 Å². The predicted molar refractivity (Wildman–Crippen MR) is 103 cm³/mol. The maximum absolute atomic E-state index is 4.76. The van der Waals surface area contributed by atoms with Gasteiger partial charge in [0.1, 0.15) is 5.82 Å². The number of rotatable bonds is 4. The molecule has 0 saturated carbocycles. The lowest BCUT2D eigenvalue weighted by Crippen LogP contribution is -2.19. The van der Waals surface area contributed by atoms with E-state index in [4.69, 9.17) is 9.97 Å². The van der Waals surface area contributed by atoms with Gasteiger partial charge in [0.25, 0.3) is 0 Å². The molecule has 4 nitrogen and oxygen atoms in total. The highest BCUT2D eigenvalue weighted by Gasteiger charge is 2.16. The fourth-order valence-corrected chi connectivity index (χ4v) is 3.12. The maximum atomic E-state index is 4.76. The molecule has 3 aromatic rings. The second-order valence-electron chi connectivity index (χ2n) is 6.49. The molecule has 0 atom stereocenters. The number of hydrogen-bond acceptors (Lipinski definition) is 4. The molecule has 1 aliphatic rings. The first-order valence-electron chi connectivity index (χ1n) is 8.81. The number of aromatic nitrogens is 2. The Morgan fingerprint density at radius 3 is 2.32 bits per heavy atom. The van der Waals surface area contributed by atoms with Gasteiger partial charge in [-0.2, -0.15) is 4.98 Å². The molecule has 1 aromatic heterocycles. The van der Waals surface area contributed by atoms with Gasteiger partial charge in [0, 0.05) is 30.4 Å². The van der Waals surface area contributed by atoms with E-state index in [0.717, 1.165) is 35.9 Å². The van der Waals surface area contributed by atoms with E-state index in [0.29, 0.717) is 5.95 Å². The Bertz CT molecular complexity index is 838. The van der Waals surface area contributed by atoms with Gasteiger partial charge in [-0.1, -0.05) is 48.0 Å². The highest BCUT2D eigenvalue weighted by molar-refractivity contribution is 5.66. The molecule has 1 fully saturated rings. The minimum absolute atomic E-state index is 0.645. The van der Waals surface area contributed by atoms with E-state index in [2.05, 4.69) is 59.6 Å². The summed E-state index contributed by atoms with van der Waals surface area (Å²) in [7, 11) is 0. The molecule has 0 amide bonds. The molecule has 0 unspecified atom stereocenters. The van der Waals surface area contributed by atoms with Crippen LogP contribution in [0.5, 0.6) is 0 Å². The zero-order chi connectivity index (χ0) is 17.1. The monoisotopic (exact) mass is 330 g/mol. The van der Waals surface area contributed by atoms with Gasteiger partial charge in [0.2, 0.25) is 5.95 Å². The summed E-state index contributed by atoms with van der Waals surface area (Å²) in [5.74, 6) is 1.65. The zero-order valence-corrected chi connectivity index (χ0v) is 14.4. The Morgan fingerprint density at radius 2 is 1.60 bits per heavy atom. The van der Waals surface area contributed by atoms with E-state index < -0.39 is 0 Å². The first-order chi connectivity index (χ1) is 12.3. The molecule has 0 aliphatic carbocycles. The number of aryl methyl sites for hydroxylation is 1. The second-order valence-corrected chi connectivity index (χ2v) is 6.49. The number of benzene rings is 2. The van der Waals surface area contributed by atoms with Crippen molar-refractivity contribution in [3.05, 3.63) is 66.2 Å². The minimum Gasteiger partial charge on any atom is -0.356 e. The predicted octanol–water partition coefficient (Wildman–Crippen LogP) is 4.80. The van der Waals surface area contributed by atoms with Crippen LogP contribution in [0.3, 0.4) is 0 Å². The van der Waals surface area contributed by atoms with E-state index in [9.17, 15) is 0 Å². The van der Waals surface area contributed by atoms with Gasteiger partial charge in [0.15, 0.2) is 0 Å².